The van der Waals surface area contributed by atoms with Gasteiger partial charge in [-0.25, -0.2) is 0 Å². The Morgan fingerprint density at radius 3 is 2.82 bits per heavy atom. The minimum absolute atomic E-state index is 0.0334. The van der Waals surface area contributed by atoms with Crippen LogP contribution in [-0.2, 0) is 9.47 Å². The van der Waals surface area contributed by atoms with Crippen molar-refractivity contribution in [2.75, 3.05) is 26.8 Å². The van der Waals surface area contributed by atoms with Crippen molar-refractivity contribution in [1.82, 2.24) is 5.32 Å². The molecule has 102 valence electrons. The molecule has 0 aliphatic heterocycles. The average molecular weight is 243 g/mol. The van der Waals surface area contributed by atoms with Gasteiger partial charge in [0.15, 0.2) is 0 Å². The van der Waals surface area contributed by atoms with Crippen molar-refractivity contribution in [2.24, 2.45) is 5.92 Å². The second-order valence-corrected chi connectivity index (χ2v) is 5.55. The van der Waals surface area contributed by atoms with E-state index in [1.165, 1.54) is 25.7 Å². The lowest BCUT2D eigenvalue weighted by Gasteiger charge is -2.42. The fourth-order valence-electron chi connectivity index (χ4n) is 2.97. The Kier molecular flexibility index (Phi) is 6.45. The van der Waals surface area contributed by atoms with E-state index in [-0.39, 0.29) is 11.7 Å². The maximum atomic E-state index is 6.30. The molecule has 17 heavy (non-hydrogen) atoms. The molecule has 0 saturated heterocycles. The van der Waals surface area contributed by atoms with Crippen LogP contribution in [-0.4, -0.2) is 38.5 Å². The average Bonchev–Trinajstić information content (AvgIpc) is 2.26. The molecule has 3 atom stereocenters. The fraction of sp³-hybridized carbons (Fsp3) is 1.00. The summed E-state index contributed by atoms with van der Waals surface area (Å²) in [4.78, 5) is 0. The number of ether oxygens (including phenoxy) is 2. The molecule has 1 rings (SSSR count). The van der Waals surface area contributed by atoms with Crippen molar-refractivity contribution < 1.29 is 9.47 Å². The van der Waals surface area contributed by atoms with Crippen LogP contribution in [0.5, 0.6) is 0 Å². The molecule has 0 aromatic heterocycles. The number of methoxy groups -OCH3 is 1. The molecule has 0 aromatic rings. The zero-order valence-electron chi connectivity index (χ0n) is 11.9. The van der Waals surface area contributed by atoms with E-state index in [0.717, 1.165) is 19.0 Å². The Labute approximate surface area is 106 Å². The molecule has 1 N–H and O–H groups in total. The summed E-state index contributed by atoms with van der Waals surface area (Å²) in [6.45, 7) is 9.27. The third-order valence-corrected chi connectivity index (χ3v) is 3.60. The van der Waals surface area contributed by atoms with Crippen LogP contribution in [0.1, 0.15) is 46.5 Å². The van der Waals surface area contributed by atoms with E-state index >= 15 is 0 Å². The van der Waals surface area contributed by atoms with Crippen LogP contribution in [0.15, 0.2) is 0 Å². The minimum Gasteiger partial charge on any atom is -0.382 e. The third-order valence-electron chi connectivity index (χ3n) is 3.60. The highest BCUT2D eigenvalue weighted by atomic mass is 16.5. The highest BCUT2D eigenvalue weighted by Crippen LogP contribution is 2.35. The zero-order valence-corrected chi connectivity index (χ0v) is 11.9. The predicted octanol–water partition coefficient (Wildman–Crippen LogP) is 2.60. The second kappa shape index (κ2) is 7.34. The molecule has 1 aliphatic carbocycles. The summed E-state index contributed by atoms with van der Waals surface area (Å²) in [5.74, 6) is 0.775. The molecule has 3 nitrogen and oxygen atoms in total. The van der Waals surface area contributed by atoms with Gasteiger partial charge in [-0.2, -0.15) is 0 Å². The van der Waals surface area contributed by atoms with Gasteiger partial charge in [0.1, 0.15) is 0 Å². The van der Waals surface area contributed by atoms with Gasteiger partial charge in [0.25, 0.3) is 0 Å². The van der Waals surface area contributed by atoms with Crippen LogP contribution in [0.4, 0.5) is 0 Å². The number of nitrogens with one attached hydrogen (secondary N) is 1. The van der Waals surface area contributed by atoms with E-state index in [9.17, 15) is 0 Å². The summed E-state index contributed by atoms with van der Waals surface area (Å²) in [6.07, 6.45) is 5.16. The van der Waals surface area contributed by atoms with Crippen molar-refractivity contribution >= 4 is 0 Å². The highest BCUT2D eigenvalue weighted by Gasteiger charge is 2.36. The van der Waals surface area contributed by atoms with Crippen molar-refractivity contribution in [3.63, 3.8) is 0 Å². The lowest BCUT2D eigenvalue weighted by molar-refractivity contribution is -0.130. The van der Waals surface area contributed by atoms with E-state index < -0.39 is 0 Å². The summed E-state index contributed by atoms with van der Waals surface area (Å²) >= 11 is 0. The lowest BCUT2D eigenvalue weighted by atomic mass is 9.78. The van der Waals surface area contributed by atoms with E-state index in [1.807, 2.05) is 0 Å². The van der Waals surface area contributed by atoms with Gasteiger partial charge in [0.2, 0.25) is 0 Å². The molecule has 1 fully saturated rings. The van der Waals surface area contributed by atoms with Crippen LogP contribution in [0.3, 0.4) is 0 Å². The molecule has 1 aliphatic rings. The Morgan fingerprint density at radius 2 is 2.24 bits per heavy atom. The molecular formula is C14H29NO2. The van der Waals surface area contributed by atoms with Crippen molar-refractivity contribution in [3.05, 3.63) is 0 Å². The quantitative estimate of drug-likeness (QED) is 0.745. The Balaban J connectivity index is 2.57. The molecule has 0 heterocycles. The first-order valence-electron chi connectivity index (χ1n) is 6.99. The maximum Gasteiger partial charge on any atom is 0.0813 e. The normalized spacial score (nSPS) is 31.4. The fourth-order valence-corrected chi connectivity index (χ4v) is 2.97. The zero-order chi connectivity index (χ0) is 12.7. The molecule has 0 amide bonds. The molecule has 0 spiro atoms. The Bertz CT molecular complexity index is 210. The lowest BCUT2D eigenvalue weighted by Crippen LogP contribution is -2.48. The first-order valence-corrected chi connectivity index (χ1v) is 6.99. The summed E-state index contributed by atoms with van der Waals surface area (Å²) in [6, 6.07) is 0. The smallest absolute Gasteiger partial charge is 0.0813 e. The molecule has 1 saturated carbocycles. The topological polar surface area (TPSA) is 30.5 Å². The van der Waals surface area contributed by atoms with Crippen LogP contribution in [0.2, 0.25) is 0 Å². The number of hydrogen-bond acceptors (Lipinski definition) is 3. The van der Waals surface area contributed by atoms with Gasteiger partial charge in [-0.05, 0) is 32.2 Å². The van der Waals surface area contributed by atoms with Gasteiger partial charge in [0, 0.05) is 13.7 Å². The SMILES string of the molecule is CCNCC1(OC(C)COC)CCCC(C)C1. The second-order valence-electron chi connectivity index (χ2n) is 5.55. The van der Waals surface area contributed by atoms with Crippen molar-refractivity contribution in [2.45, 2.75) is 58.2 Å². The van der Waals surface area contributed by atoms with Gasteiger partial charge >= 0.3 is 0 Å². The number of rotatable bonds is 7. The molecule has 0 radical (unpaired) electrons. The van der Waals surface area contributed by atoms with E-state index in [1.54, 1.807) is 7.11 Å². The minimum atomic E-state index is 0.0334. The van der Waals surface area contributed by atoms with E-state index in [2.05, 4.69) is 26.1 Å². The summed E-state index contributed by atoms with van der Waals surface area (Å²) < 4.78 is 11.5. The third kappa shape index (κ3) is 4.94. The molecular weight excluding hydrogens is 214 g/mol. The van der Waals surface area contributed by atoms with Crippen LogP contribution >= 0.6 is 0 Å². The van der Waals surface area contributed by atoms with E-state index in [0.29, 0.717) is 6.61 Å². The van der Waals surface area contributed by atoms with Gasteiger partial charge in [-0.15, -0.1) is 0 Å². The van der Waals surface area contributed by atoms with E-state index in [4.69, 9.17) is 9.47 Å². The molecule has 0 bridgehead atoms. The molecule has 0 aromatic carbocycles. The van der Waals surface area contributed by atoms with Crippen LogP contribution in [0.25, 0.3) is 0 Å². The van der Waals surface area contributed by atoms with Gasteiger partial charge in [-0.3, -0.25) is 0 Å². The Hall–Kier alpha value is -0.120. The standard InChI is InChI=1S/C14H29NO2/c1-5-15-11-14(17-13(3)10-16-4)8-6-7-12(2)9-14/h12-13,15H,5-11H2,1-4H3. The number of likely N-dealkylation sites (N-methyl/N-ethyl adjacent to an activating group) is 1. The monoisotopic (exact) mass is 243 g/mol. The van der Waals surface area contributed by atoms with Crippen LogP contribution in [0, 0.1) is 5.92 Å². The maximum absolute atomic E-state index is 6.30. The number of hydrogen-bond donors (Lipinski definition) is 1. The first-order chi connectivity index (χ1) is 8.12. The predicted molar refractivity (Wildman–Crippen MR) is 71.3 cm³/mol. The largest absolute Gasteiger partial charge is 0.382 e. The van der Waals surface area contributed by atoms with Crippen molar-refractivity contribution in [3.8, 4) is 0 Å². The molecule has 3 heteroatoms. The molecule has 3 unspecified atom stereocenters. The summed E-state index contributed by atoms with van der Waals surface area (Å²) in [7, 11) is 1.74. The summed E-state index contributed by atoms with van der Waals surface area (Å²) in [5.41, 5.74) is 0.0334. The van der Waals surface area contributed by atoms with Gasteiger partial charge in [-0.1, -0.05) is 26.7 Å². The van der Waals surface area contributed by atoms with Gasteiger partial charge < -0.3 is 14.8 Å². The Morgan fingerprint density at radius 1 is 1.47 bits per heavy atom. The van der Waals surface area contributed by atoms with Crippen molar-refractivity contribution in [1.29, 1.82) is 0 Å². The van der Waals surface area contributed by atoms with Gasteiger partial charge in [0.05, 0.1) is 18.3 Å². The van der Waals surface area contributed by atoms with Crippen LogP contribution < -0.4 is 5.32 Å². The highest BCUT2D eigenvalue weighted by molar-refractivity contribution is 4.89. The summed E-state index contributed by atoms with van der Waals surface area (Å²) in [5, 5.41) is 3.46. The first kappa shape index (κ1) is 14.9.